The summed E-state index contributed by atoms with van der Waals surface area (Å²) in [4.78, 5) is 4.69. The average molecular weight is 231 g/mol. The smallest absolute Gasteiger partial charge is 0.283 e. The minimum Gasteiger partial charge on any atom is -0.454 e. The molecule has 0 atom stereocenters. The van der Waals surface area contributed by atoms with Crippen molar-refractivity contribution in [3.63, 3.8) is 0 Å². The second-order valence-electron chi connectivity index (χ2n) is 4.70. The first-order chi connectivity index (χ1) is 8.43. The standard InChI is InChI=1S/C14H17NO2/c1-2-5-11(6-3-1)12-7-4-8-13(15-12)14-16-9-10-17-14/h4,7-11,14H,1-3,5-6H2. The van der Waals surface area contributed by atoms with Crippen molar-refractivity contribution in [2.45, 2.75) is 44.3 Å². The van der Waals surface area contributed by atoms with E-state index < -0.39 is 0 Å². The Balaban J connectivity index is 1.78. The highest BCUT2D eigenvalue weighted by atomic mass is 16.7. The van der Waals surface area contributed by atoms with Gasteiger partial charge in [-0.1, -0.05) is 25.3 Å². The van der Waals surface area contributed by atoms with E-state index in [9.17, 15) is 0 Å². The van der Waals surface area contributed by atoms with Crippen LogP contribution in [0.3, 0.4) is 0 Å². The fourth-order valence-corrected chi connectivity index (χ4v) is 2.60. The van der Waals surface area contributed by atoms with E-state index >= 15 is 0 Å². The molecule has 1 saturated carbocycles. The van der Waals surface area contributed by atoms with E-state index in [-0.39, 0.29) is 6.29 Å². The van der Waals surface area contributed by atoms with Crippen molar-refractivity contribution in [3.05, 3.63) is 42.1 Å². The van der Waals surface area contributed by atoms with Crippen LogP contribution in [-0.4, -0.2) is 4.98 Å². The first-order valence-electron chi connectivity index (χ1n) is 6.36. The quantitative estimate of drug-likeness (QED) is 0.778. The molecule has 2 aliphatic rings. The lowest BCUT2D eigenvalue weighted by atomic mass is 9.86. The van der Waals surface area contributed by atoms with Gasteiger partial charge in [0.25, 0.3) is 6.29 Å². The van der Waals surface area contributed by atoms with Gasteiger partial charge < -0.3 is 9.47 Å². The predicted octanol–water partition coefficient (Wildman–Crippen LogP) is 3.65. The van der Waals surface area contributed by atoms with Gasteiger partial charge >= 0.3 is 0 Å². The zero-order valence-corrected chi connectivity index (χ0v) is 9.84. The fraction of sp³-hybridized carbons (Fsp3) is 0.500. The average Bonchev–Trinajstić information content (AvgIpc) is 2.94. The third-order valence-corrected chi connectivity index (χ3v) is 3.52. The molecule has 0 spiro atoms. The van der Waals surface area contributed by atoms with Gasteiger partial charge in [0.1, 0.15) is 18.2 Å². The molecule has 1 aliphatic carbocycles. The number of aromatic nitrogens is 1. The van der Waals surface area contributed by atoms with Crippen LogP contribution in [0.2, 0.25) is 0 Å². The molecule has 0 bridgehead atoms. The van der Waals surface area contributed by atoms with Crippen molar-refractivity contribution in [3.8, 4) is 0 Å². The van der Waals surface area contributed by atoms with Gasteiger partial charge in [0.15, 0.2) is 0 Å². The molecular weight excluding hydrogens is 214 g/mol. The van der Waals surface area contributed by atoms with Gasteiger partial charge in [-0.3, -0.25) is 0 Å². The number of hydrogen-bond acceptors (Lipinski definition) is 3. The van der Waals surface area contributed by atoms with Crippen LogP contribution < -0.4 is 0 Å². The summed E-state index contributed by atoms with van der Waals surface area (Å²) in [6.45, 7) is 0. The van der Waals surface area contributed by atoms with Crippen molar-refractivity contribution >= 4 is 0 Å². The summed E-state index contributed by atoms with van der Waals surface area (Å²) in [7, 11) is 0. The van der Waals surface area contributed by atoms with Crippen molar-refractivity contribution in [2.75, 3.05) is 0 Å². The normalized spacial score (nSPS) is 21.2. The molecule has 90 valence electrons. The highest BCUT2D eigenvalue weighted by Crippen LogP contribution is 2.32. The first kappa shape index (κ1) is 10.6. The van der Waals surface area contributed by atoms with E-state index in [2.05, 4.69) is 17.1 Å². The highest BCUT2D eigenvalue weighted by molar-refractivity contribution is 5.16. The number of hydrogen-bond donors (Lipinski definition) is 0. The number of pyridine rings is 1. The Kier molecular flexibility index (Phi) is 2.99. The molecule has 0 amide bonds. The van der Waals surface area contributed by atoms with Crippen LogP contribution in [0.5, 0.6) is 0 Å². The Morgan fingerprint density at radius 3 is 2.41 bits per heavy atom. The molecule has 17 heavy (non-hydrogen) atoms. The van der Waals surface area contributed by atoms with Crippen molar-refractivity contribution < 1.29 is 9.47 Å². The molecule has 0 saturated heterocycles. The zero-order chi connectivity index (χ0) is 11.5. The van der Waals surface area contributed by atoms with Crippen LogP contribution in [0.15, 0.2) is 30.7 Å². The maximum absolute atomic E-state index is 5.32. The van der Waals surface area contributed by atoms with Gasteiger partial charge in [-0.15, -0.1) is 0 Å². The molecule has 1 aromatic rings. The number of ether oxygens (including phenoxy) is 2. The third kappa shape index (κ3) is 2.28. The summed E-state index contributed by atoms with van der Waals surface area (Å²) < 4.78 is 10.6. The third-order valence-electron chi connectivity index (χ3n) is 3.52. The second kappa shape index (κ2) is 4.78. The summed E-state index contributed by atoms with van der Waals surface area (Å²) in [5.74, 6) is 0.623. The Morgan fingerprint density at radius 1 is 0.941 bits per heavy atom. The largest absolute Gasteiger partial charge is 0.454 e. The Hall–Kier alpha value is -1.51. The second-order valence-corrected chi connectivity index (χ2v) is 4.70. The minimum absolute atomic E-state index is 0.349. The van der Waals surface area contributed by atoms with Gasteiger partial charge in [0.05, 0.1) is 0 Å². The van der Waals surface area contributed by atoms with Crippen LogP contribution in [0.25, 0.3) is 0 Å². The summed E-state index contributed by atoms with van der Waals surface area (Å²) in [5.41, 5.74) is 2.07. The summed E-state index contributed by atoms with van der Waals surface area (Å²) in [6.07, 6.45) is 9.35. The van der Waals surface area contributed by atoms with Crippen LogP contribution >= 0.6 is 0 Å². The molecule has 1 aliphatic heterocycles. The maximum atomic E-state index is 5.32. The van der Waals surface area contributed by atoms with Gasteiger partial charge in [-0.25, -0.2) is 4.98 Å². The molecule has 3 heteroatoms. The lowest BCUT2D eigenvalue weighted by Gasteiger charge is -2.21. The van der Waals surface area contributed by atoms with Gasteiger partial charge in [-0.05, 0) is 25.0 Å². The Labute approximate surface area is 101 Å². The monoisotopic (exact) mass is 231 g/mol. The molecule has 0 aromatic carbocycles. The van der Waals surface area contributed by atoms with Crippen LogP contribution in [0.4, 0.5) is 0 Å². The molecule has 1 fully saturated rings. The molecule has 0 unspecified atom stereocenters. The van der Waals surface area contributed by atoms with E-state index in [1.165, 1.54) is 37.8 Å². The Bertz CT molecular complexity index is 402. The van der Waals surface area contributed by atoms with E-state index in [1.807, 2.05) is 6.07 Å². The van der Waals surface area contributed by atoms with E-state index in [0.717, 1.165) is 5.69 Å². The SMILES string of the molecule is C1=COC(c2cccc(C3CCCCC3)n2)O1. The van der Waals surface area contributed by atoms with Crippen molar-refractivity contribution in [2.24, 2.45) is 0 Å². The predicted molar refractivity (Wildman–Crippen MR) is 64.1 cm³/mol. The molecule has 2 heterocycles. The van der Waals surface area contributed by atoms with Gasteiger partial charge in [0, 0.05) is 11.6 Å². The topological polar surface area (TPSA) is 31.4 Å². The van der Waals surface area contributed by atoms with Crippen molar-refractivity contribution in [1.82, 2.24) is 4.98 Å². The van der Waals surface area contributed by atoms with Crippen LogP contribution in [-0.2, 0) is 9.47 Å². The van der Waals surface area contributed by atoms with E-state index in [0.29, 0.717) is 5.92 Å². The van der Waals surface area contributed by atoms with Gasteiger partial charge in [0.2, 0.25) is 0 Å². The van der Waals surface area contributed by atoms with Crippen molar-refractivity contribution in [1.29, 1.82) is 0 Å². The van der Waals surface area contributed by atoms with E-state index in [1.54, 1.807) is 12.5 Å². The Morgan fingerprint density at radius 2 is 1.65 bits per heavy atom. The summed E-state index contributed by atoms with van der Waals surface area (Å²) in [5, 5.41) is 0. The zero-order valence-electron chi connectivity index (χ0n) is 9.84. The number of nitrogens with zero attached hydrogens (tertiary/aromatic N) is 1. The fourth-order valence-electron chi connectivity index (χ4n) is 2.60. The lowest BCUT2D eigenvalue weighted by molar-refractivity contribution is -0.0281. The van der Waals surface area contributed by atoms with E-state index in [4.69, 9.17) is 9.47 Å². The van der Waals surface area contributed by atoms with Crippen LogP contribution in [0, 0.1) is 0 Å². The maximum Gasteiger partial charge on any atom is 0.283 e. The number of rotatable bonds is 2. The molecular formula is C14H17NO2. The lowest BCUT2D eigenvalue weighted by Crippen LogP contribution is -2.09. The molecule has 0 radical (unpaired) electrons. The van der Waals surface area contributed by atoms with Crippen LogP contribution in [0.1, 0.15) is 55.7 Å². The van der Waals surface area contributed by atoms with Gasteiger partial charge in [-0.2, -0.15) is 0 Å². The minimum atomic E-state index is -0.349. The molecule has 3 nitrogen and oxygen atoms in total. The highest BCUT2D eigenvalue weighted by Gasteiger charge is 2.21. The first-order valence-corrected chi connectivity index (χ1v) is 6.36. The molecule has 1 aromatic heterocycles. The molecule has 3 rings (SSSR count). The summed E-state index contributed by atoms with van der Waals surface area (Å²) in [6, 6.07) is 6.14. The molecule has 0 N–H and O–H groups in total. The summed E-state index contributed by atoms with van der Waals surface area (Å²) >= 11 is 0.